The largest absolute Gasteiger partial charge is 0.482 e. The first-order valence-electron chi connectivity index (χ1n) is 9.37. The summed E-state index contributed by atoms with van der Waals surface area (Å²) in [6, 6.07) is 24.6. The van der Waals surface area contributed by atoms with Crippen molar-refractivity contribution in [3.63, 3.8) is 0 Å². The van der Waals surface area contributed by atoms with Crippen molar-refractivity contribution in [2.24, 2.45) is 0 Å². The lowest BCUT2D eigenvalue weighted by Crippen LogP contribution is -2.31. The fourth-order valence-corrected chi connectivity index (χ4v) is 2.83. The highest BCUT2D eigenvalue weighted by atomic mass is 16.6. The molecule has 29 heavy (non-hydrogen) atoms. The molecule has 0 spiro atoms. The summed E-state index contributed by atoms with van der Waals surface area (Å²) in [6.45, 7) is 3.21. The molecule has 0 fully saturated rings. The monoisotopic (exact) mass is 389 g/mol. The first-order chi connectivity index (χ1) is 14.0. The highest BCUT2D eigenvalue weighted by Crippen LogP contribution is 2.27. The summed E-state index contributed by atoms with van der Waals surface area (Å²) in [5.74, 6) is -0.432. The van der Waals surface area contributed by atoms with E-state index in [1.807, 2.05) is 79.7 Å². The summed E-state index contributed by atoms with van der Waals surface area (Å²) in [5, 5.41) is 2.84. The second-order valence-electron chi connectivity index (χ2n) is 6.64. The second-order valence-corrected chi connectivity index (χ2v) is 6.64. The fourth-order valence-electron chi connectivity index (χ4n) is 2.83. The van der Waals surface area contributed by atoms with Crippen LogP contribution in [-0.2, 0) is 14.3 Å². The molecular weight excluding hydrogens is 366 g/mol. The van der Waals surface area contributed by atoms with Crippen molar-refractivity contribution in [3.05, 3.63) is 84.4 Å². The van der Waals surface area contributed by atoms with Gasteiger partial charge in [-0.25, -0.2) is 4.79 Å². The number of amides is 1. The number of nitrogens with one attached hydrogen (secondary N) is 1. The third kappa shape index (κ3) is 5.69. The molecule has 0 heterocycles. The van der Waals surface area contributed by atoms with E-state index in [0.29, 0.717) is 11.4 Å². The number of hydrogen-bond acceptors (Lipinski definition) is 4. The van der Waals surface area contributed by atoms with Crippen molar-refractivity contribution in [3.8, 4) is 16.9 Å². The Morgan fingerprint density at radius 3 is 2.41 bits per heavy atom. The SMILES string of the molecule is Cc1cccc(OCC(=O)O[C@@H](C)C(=O)Nc2ccccc2-c2ccccc2)c1. The molecule has 1 N–H and O–H groups in total. The molecule has 0 bridgehead atoms. The van der Waals surface area contributed by atoms with Gasteiger partial charge in [0.25, 0.3) is 5.91 Å². The minimum Gasteiger partial charge on any atom is -0.482 e. The van der Waals surface area contributed by atoms with Crippen molar-refractivity contribution in [1.29, 1.82) is 0 Å². The average Bonchev–Trinajstić information content (AvgIpc) is 2.73. The van der Waals surface area contributed by atoms with Gasteiger partial charge in [0, 0.05) is 11.3 Å². The highest BCUT2D eigenvalue weighted by Gasteiger charge is 2.19. The molecule has 0 aromatic heterocycles. The average molecular weight is 389 g/mol. The lowest BCUT2D eigenvalue weighted by atomic mass is 10.0. The van der Waals surface area contributed by atoms with E-state index in [9.17, 15) is 9.59 Å². The molecule has 0 radical (unpaired) electrons. The van der Waals surface area contributed by atoms with Gasteiger partial charge >= 0.3 is 5.97 Å². The van der Waals surface area contributed by atoms with E-state index in [1.54, 1.807) is 6.07 Å². The maximum absolute atomic E-state index is 12.5. The van der Waals surface area contributed by atoms with Gasteiger partial charge in [-0.05, 0) is 43.2 Å². The Morgan fingerprint density at radius 2 is 1.66 bits per heavy atom. The zero-order valence-corrected chi connectivity index (χ0v) is 16.4. The number of carbonyl (C=O) groups excluding carboxylic acids is 2. The third-order valence-corrected chi connectivity index (χ3v) is 4.29. The standard InChI is InChI=1S/C24H23NO4/c1-17-9-8-12-20(15-17)28-16-23(26)29-18(2)24(27)25-22-14-7-6-13-21(22)19-10-4-3-5-11-19/h3-15,18H,16H2,1-2H3,(H,25,27)/t18-/m0/s1. The zero-order valence-electron chi connectivity index (χ0n) is 16.4. The summed E-state index contributed by atoms with van der Waals surface area (Å²) >= 11 is 0. The van der Waals surface area contributed by atoms with Gasteiger partial charge in [-0.1, -0.05) is 60.7 Å². The Bertz CT molecular complexity index is 985. The van der Waals surface area contributed by atoms with E-state index in [2.05, 4.69) is 5.32 Å². The van der Waals surface area contributed by atoms with Crippen LogP contribution >= 0.6 is 0 Å². The summed E-state index contributed by atoms with van der Waals surface area (Å²) in [5.41, 5.74) is 3.56. The van der Waals surface area contributed by atoms with Crippen molar-refractivity contribution in [1.82, 2.24) is 0 Å². The van der Waals surface area contributed by atoms with E-state index < -0.39 is 18.0 Å². The lowest BCUT2D eigenvalue weighted by Gasteiger charge is -2.16. The molecular formula is C24H23NO4. The Labute approximate surface area is 170 Å². The summed E-state index contributed by atoms with van der Waals surface area (Å²) in [4.78, 5) is 24.6. The number of aryl methyl sites for hydroxylation is 1. The number of esters is 1. The Kier molecular flexibility index (Phi) is 6.63. The van der Waals surface area contributed by atoms with Crippen LogP contribution in [0.3, 0.4) is 0 Å². The Balaban J connectivity index is 1.58. The van der Waals surface area contributed by atoms with Gasteiger partial charge in [0.1, 0.15) is 5.75 Å². The minimum atomic E-state index is -0.951. The zero-order chi connectivity index (χ0) is 20.6. The topological polar surface area (TPSA) is 64.6 Å². The number of anilines is 1. The van der Waals surface area contributed by atoms with Crippen molar-refractivity contribution >= 4 is 17.6 Å². The molecule has 3 aromatic rings. The lowest BCUT2D eigenvalue weighted by molar-refractivity contribution is -0.155. The van der Waals surface area contributed by atoms with Crippen LogP contribution < -0.4 is 10.1 Å². The van der Waals surface area contributed by atoms with Crippen molar-refractivity contribution in [2.45, 2.75) is 20.0 Å². The quantitative estimate of drug-likeness (QED) is 0.599. The molecule has 1 amide bonds. The summed E-state index contributed by atoms with van der Waals surface area (Å²) in [6.07, 6.45) is -0.951. The summed E-state index contributed by atoms with van der Waals surface area (Å²) in [7, 11) is 0. The maximum atomic E-state index is 12.5. The van der Waals surface area contributed by atoms with Gasteiger partial charge < -0.3 is 14.8 Å². The van der Waals surface area contributed by atoms with Crippen LogP contribution in [0, 0.1) is 6.92 Å². The van der Waals surface area contributed by atoms with Gasteiger partial charge in [0.15, 0.2) is 12.7 Å². The molecule has 3 rings (SSSR count). The number of carbonyl (C=O) groups is 2. The van der Waals surface area contributed by atoms with Crippen LogP contribution in [0.5, 0.6) is 5.75 Å². The fraction of sp³-hybridized carbons (Fsp3) is 0.167. The van der Waals surface area contributed by atoms with E-state index in [1.165, 1.54) is 6.92 Å². The molecule has 3 aromatic carbocycles. The maximum Gasteiger partial charge on any atom is 0.344 e. The molecule has 1 atom stereocenters. The van der Waals surface area contributed by atoms with E-state index in [4.69, 9.17) is 9.47 Å². The number of ether oxygens (including phenoxy) is 2. The Hall–Kier alpha value is -3.60. The van der Waals surface area contributed by atoms with Crippen LogP contribution in [0.2, 0.25) is 0 Å². The second kappa shape index (κ2) is 9.55. The van der Waals surface area contributed by atoms with Crippen LogP contribution in [0.15, 0.2) is 78.9 Å². The molecule has 0 aliphatic carbocycles. The number of benzene rings is 3. The smallest absolute Gasteiger partial charge is 0.344 e. The van der Waals surface area contributed by atoms with Crippen molar-refractivity contribution < 1.29 is 19.1 Å². The molecule has 148 valence electrons. The Morgan fingerprint density at radius 1 is 0.931 bits per heavy atom. The van der Waals surface area contributed by atoms with Crippen LogP contribution in [0.1, 0.15) is 12.5 Å². The van der Waals surface area contributed by atoms with Gasteiger partial charge in [0.2, 0.25) is 0 Å². The van der Waals surface area contributed by atoms with E-state index in [-0.39, 0.29) is 6.61 Å². The molecule has 5 nitrogen and oxygen atoms in total. The predicted molar refractivity (Wildman–Crippen MR) is 113 cm³/mol. The molecule has 0 unspecified atom stereocenters. The minimum absolute atomic E-state index is 0.262. The number of hydrogen-bond donors (Lipinski definition) is 1. The normalized spacial score (nSPS) is 11.4. The van der Waals surface area contributed by atoms with Crippen LogP contribution in [-0.4, -0.2) is 24.6 Å². The van der Waals surface area contributed by atoms with Crippen molar-refractivity contribution in [2.75, 3.05) is 11.9 Å². The highest BCUT2D eigenvalue weighted by molar-refractivity contribution is 5.98. The first-order valence-corrected chi connectivity index (χ1v) is 9.37. The number of rotatable bonds is 7. The third-order valence-electron chi connectivity index (χ3n) is 4.29. The predicted octanol–water partition coefficient (Wildman–Crippen LogP) is 4.61. The molecule has 0 saturated heterocycles. The van der Waals surface area contributed by atoms with Gasteiger partial charge in [-0.15, -0.1) is 0 Å². The number of para-hydroxylation sites is 1. The molecule has 5 heteroatoms. The van der Waals surface area contributed by atoms with Crippen LogP contribution in [0.4, 0.5) is 5.69 Å². The molecule has 0 aliphatic heterocycles. The molecule has 0 aliphatic rings. The van der Waals surface area contributed by atoms with Gasteiger partial charge in [-0.2, -0.15) is 0 Å². The van der Waals surface area contributed by atoms with Gasteiger partial charge in [-0.3, -0.25) is 4.79 Å². The van der Waals surface area contributed by atoms with E-state index >= 15 is 0 Å². The summed E-state index contributed by atoms with van der Waals surface area (Å²) < 4.78 is 10.6. The first kappa shape index (κ1) is 20.1. The van der Waals surface area contributed by atoms with E-state index in [0.717, 1.165) is 16.7 Å². The van der Waals surface area contributed by atoms with Gasteiger partial charge in [0.05, 0.1) is 0 Å². The molecule has 0 saturated carbocycles. The van der Waals surface area contributed by atoms with Crippen LogP contribution in [0.25, 0.3) is 11.1 Å².